The van der Waals surface area contributed by atoms with E-state index in [1.807, 2.05) is 45.9 Å². The van der Waals surface area contributed by atoms with Gasteiger partial charge in [0.15, 0.2) is 0 Å². The monoisotopic (exact) mass is 271 g/mol. The van der Waals surface area contributed by atoms with E-state index in [0.717, 1.165) is 5.56 Å². The van der Waals surface area contributed by atoms with Crippen LogP contribution in [0.2, 0.25) is 5.02 Å². The lowest BCUT2D eigenvalue weighted by Crippen LogP contribution is -2.30. The van der Waals surface area contributed by atoms with Crippen molar-refractivity contribution >= 4 is 11.6 Å². The van der Waals surface area contributed by atoms with E-state index in [1.165, 1.54) is 0 Å². The van der Waals surface area contributed by atoms with Gasteiger partial charge in [0.25, 0.3) is 0 Å². The van der Waals surface area contributed by atoms with Gasteiger partial charge in [0.2, 0.25) is 0 Å². The Morgan fingerprint density at radius 2 is 1.94 bits per heavy atom. The normalized spacial score (nSPS) is 13.1. The van der Waals surface area contributed by atoms with Crippen molar-refractivity contribution in [1.82, 2.24) is 5.32 Å². The van der Waals surface area contributed by atoms with Crippen LogP contribution in [0, 0.1) is 0 Å². The number of hydrogen-bond donors (Lipinski definition) is 2. The van der Waals surface area contributed by atoms with Gasteiger partial charge in [-0.15, -0.1) is 0 Å². The number of hydrogen-bond acceptors (Lipinski definition) is 3. The molecular weight excluding hydrogens is 250 g/mol. The van der Waals surface area contributed by atoms with E-state index in [4.69, 9.17) is 16.3 Å². The smallest absolute Gasteiger partial charge is 0.138 e. The lowest BCUT2D eigenvalue weighted by molar-refractivity contribution is 0.235. The Morgan fingerprint density at radius 3 is 2.39 bits per heavy atom. The molecule has 4 heteroatoms. The number of rotatable bonds is 6. The molecule has 102 valence electrons. The maximum Gasteiger partial charge on any atom is 0.138 e. The predicted octanol–water partition coefficient (Wildman–Crippen LogP) is 3.16. The van der Waals surface area contributed by atoms with Crippen LogP contribution in [0.25, 0.3) is 0 Å². The fourth-order valence-corrected chi connectivity index (χ4v) is 1.97. The van der Waals surface area contributed by atoms with Gasteiger partial charge in [-0.1, -0.05) is 31.5 Å². The molecule has 0 saturated heterocycles. The van der Waals surface area contributed by atoms with Crippen molar-refractivity contribution in [2.45, 2.75) is 45.9 Å². The van der Waals surface area contributed by atoms with Crippen LogP contribution in [-0.2, 0) is 0 Å². The lowest BCUT2D eigenvalue weighted by atomic mass is 10.1. The quantitative estimate of drug-likeness (QED) is 0.835. The summed E-state index contributed by atoms with van der Waals surface area (Å²) < 4.78 is 5.58. The summed E-state index contributed by atoms with van der Waals surface area (Å²) in [5.41, 5.74) is 0.965. The highest BCUT2D eigenvalue weighted by atomic mass is 35.5. The summed E-state index contributed by atoms with van der Waals surface area (Å²) in [5, 5.41) is 13.3. The van der Waals surface area contributed by atoms with Gasteiger partial charge < -0.3 is 15.2 Å². The van der Waals surface area contributed by atoms with E-state index in [-0.39, 0.29) is 18.8 Å². The van der Waals surface area contributed by atoms with Crippen molar-refractivity contribution in [3.05, 3.63) is 28.8 Å². The summed E-state index contributed by atoms with van der Waals surface area (Å²) in [6.45, 7) is 8.04. The molecule has 1 aromatic rings. The fraction of sp³-hybridized carbons (Fsp3) is 0.571. The van der Waals surface area contributed by atoms with Gasteiger partial charge in [0, 0.05) is 6.04 Å². The third-order valence-corrected chi connectivity index (χ3v) is 2.73. The van der Waals surface area contributed by atoms with Gasteiger partial charge >= 0.3 is 0 Å². The molecule has 1 aromatic carbocycles. The average Bonchev–Trinajstić information content (AvgIpc) is 2.28. The van der Waals surface area contributed by atoms with Crippen molar-refractivity contribution in [3.8, 4) is 5.75 Å². The van der Waals surface area contributed by atoms with E-state index in [9.17, 15) is 5.11 Å². The highest BCUT2D eigenvalue weighted by Gasteiger charge is 2.13. The molecule has 1 atom stereocenters. The zero-order valence-corrected chi connectivity index (χ0v) is 12.2. The number of aliphatic hydroxyl groups excluding tert-OH is 1. The van der Waals surface area contributed by atoms with Crippen LogP contribution in [-0.4, -0.2) is 23.9 Å². The molecule has 18 heavy (non-hydrogen) atoms. The van der Waals surface area contributed by atoms with Crippen LogP contribution in [0.1, 0.15) is 39.3 Å². The van der Waals surface area contributed by atoms with Crippen molar-refractivity contribution in [2.24, 2.45) is 0 Å². The Bertz CT molecular complexity index is 380. The van der Waals surface area contributed by atoms with Crippen molar-refractivity contribution in [2.75, 3.05) is 6.61 Å². The molecule has 2 N–H and O–H groups in total. The molecule has 0 amide bonds. The van der Waals surface area contributed by atoms with Gasteiger partial charge in [0.05, 0.1) is 23.8 Å². The molecule has 0 heterocycles. The Labute approximate surface area is 114 Å². The molecule has 0 fully saturated rings. The topological polar surface area (TPSA) is 41.5 Å². The summed E-state index contributed by atoms with van der Waals surface area (Å²) >= 11 is 6.18. The van der Waals surface area contributed by atoms with E-state index >= 15 is 0 Å². The second kappa shape index (κ2) is 6.98. The molecule has 0 spiro atoms. The van der Waals surface area contributed by atoms with Crippen LogP contribution in [0.3, 0.4) is 0 Å². The molecule has 0 aliphatic carbocycles. The first-order valence-corrected chi connectivity index (χ1v) is 6.64. The van der Waals surface area contributed by atoms with Gasteiger partial charge in [-0.2, -0.15) is 0 Å². The standard InChI is InChI=1S/C14H22ClNO2/c1-9(2)16-13(8-17)11-5-6-14(12(15)7-11)18-10(3)4/h5-7,9-10,13,16-17H,8H2,1-4H3. The van der Waals surface area contributed by atoms with Gasteiger partial charge in [-0.3, -0.25) is 0 Å². The minimum absolute atomic E-state index is 0.0406. The molecule has 1 unspecified atom stereocenters. The first-order chi connectivity index (χ1) is 8.43. The highest BCUT2D eigenvalue weighted by Crippen LogP contribution is 2.28. The minimum atomic E-state index is -0.101. The Hall–Kier alpha value is -0.770. The first kappa shape index (κ1) is 15.3. The summed E-state index contributed by atoms with van der Waals surface area (Å²) in [6.07, 6.45) is 0.0933. The van der Waals surface area contributed by atoms with E-state index in [1.54, 1.807) is 0 Å². The average molecular weight is 272 g/mol. The Kier molecular flexibility index (Phi) is 5.93. The van der Waals surface area contributed by atoms with Crippen LogP contribution >= 0.6 is 11.6 Å². The summed E-state index contributed by atoms with van der Waals surface area (Å²) in [4.78, 5) is 0. The minimum Gasteiger partial charge on any atom is -0.489 e. The molecule has 0 saturated carbocycles. The molecule has 0 aliphatic rings. The Morgan fingerprint density at radius 1 is 1.28 bits per heavy atom. The third-order valence-electron chi connectivity index (χ3n) is 2.44. The fourth-order valence-electron chi connectivity index (χ4n) is 1.74. The van der Waals surface area contributed by atoms with E-state index in [0.29, 0.717) is 16.8 Å². The van der Waals surface area contributed by atoms with Crippen LogP contribution < -0.4 is 10.1 Å². The van der Waals surface area contributed by atoms with Crippen molar-refractivity contribution in [3.63, 3.8) is 0 Å². The number of nitrogens with one attached hydrogen (secondary N) is 1. The largest absolute Gasteiger partial charge is 0.489 e. The summed E-state index contributed by atoms with van der Waals surface area (Å²) in [6, 6.07) is 5.82. The molecule has 1 rings (SSSR count). The highest BCUT2D eigenvalue weighted by molar-refractivity contribution is 6.32. The van der Waals surface area contributed by atoms with Crippen LogP contribution in [0.15, 0.2) is 18.2 Å². The van der Waals surface area contributed by atoms with Crippen molar-refractivity contribution in [1.29, 1.82) is 0 Å². The third kappa shape index (κ3) is 4.48. The second-order valence-corrected chi connectivity index (χ2v) is 5.32. The van der Waals surface area contributed by atoms with Crippen molar-refractivity contribution < 1.29 is 9.84 Å². The SMILES string of the molecule is CC(C)NC(CO)c1ccc(OC(C)C)c(Cl)c1. The zero-order valence-electron chi connectivity index (χ0n) is 11.4. The number of benzene rings is 1. The zero-order chi connectivity index (χ0) is 13.7. The summed E-state index contributed by atoms with van der Waals surface area (Å²) in [7, 11) is 0. The number of halogens is 1. The molecule has 3 nitrogen and oxygen atoms in total. The molecule has 0 aromatic heterocycles. The maximum atomic E-state index is 9.40. The number of ether oxygens (including phenoxy) is 1. The molecular formula is C14H22ClNO2. The molecule has 0 bridgehead atoms. The van der Waals surface area contributed by atoms with Crippen LogP contribution in [0.5, 0.6) is 5.75 Å². The Balaban J connectivity index is 2.87. The predicted molar refractivity (Wildman–Crippen MR) is 75.3 cm³/mol. The van der Waals surface area contributed by atoms with E-state index < -0.39 is 0 Å². The summed E-state index contributed by atoms with van der Waals surface area (Å²) in [5.74, 6) is 0.677. The lowest BCUT2D eigenvalue weighted by Gasteiger charge is -2.20. The molecule has 0 aliphatic heterocycles. The van der Waals surface area contributed by atoms with Gasteiger partial charge in [-0.05, 0) is 31.5 Å². The maximum absolute atomic E-state index is 9.40. The van der Waals surface area contributed by atoms with Gasteiger partial charge in [-0.25, -0.2) is 0 Å². The molecule has 0 radical (unpaired) electrons. The second-order valence-electron chi connectivity index (χ2n) is 4.91. The first-order valence-electron chi connectivity index (χ1n) is 6.27. The van der Waals surface area contributed by atoms with Gasteiger partial charge in [0.1, 0.15) is 5.75 Å². The number of aliphatic hydroxyl groups is 1. The van der Waals surface area contributed by atoms with Crippen LogP contribution in [0.4, 0.5) is 0 Å². The van der Waals surface area contributed by atoms with E-state index in [2.05, 4.69) is 5.32 Å².